The van der Waals surface area contributed by atoms with Crippen LogP contribution < -0.4 is 5.32 Å². The number of nitrogens with one attached hydrogen (secondary N) is 1. The molecule has 8 heteroatoms. The first kappa shape index (κ1) is 19.4. The van der Waals surface area contributed by atoms with Crippen LogP contribution >= 0.6 is 0 Å². The molecule has 4 nitrogen and oxygen atoms in total. The minimum atomic E-state index is -4.63. The molecule has 2 aromatic carbocycles. The van der Waals surface area contributed by atoms with Gasteiger partial charge in [0, 0.05) is 12.1 Å². The average molecular weight is 406 g/mol. The summed E-state index contributed by atoms with van der Waals surface area (Å²) in [5.74, 6) is -0.977. The van der Waals surface area contributed by atoms with Gasteiger partial charge in [-0.1, -0.05) is 12.1 Å². The van der Waals surface area contributed by atoms with Crippen LogP contribution in [0.5, 0.6) is 0 Å². The van der Waals surface area contributed by atoms with Crippen LogP contribution in [0.4, 0.5) is 29.3 Å². The number of fused-ring (bicyclic) bond motifs is 1. The maximum absolute atomic E-state index is 14.3. The van der Waals surface area contributed by atoms with E-state index in [4.69, 9.17) is 4.42 Å². The Kier molecular flexibility index (Phi) is 4.82. The van der Waals surface area contributed by atoms with Gasteiger partial charge in [-0.25, -0.2) is 4.39 Å². The zero-order valence-corrected chi connectivity index (χ0v) is 15.5. The fourth-order valence-electron chi connectivity index (χ4n) is 3.58. The molecule has 0 radical (unpaired) electrons. The Labute approximate surface area is 164 Å². The monoisotopic (exact) mass is 406 g/mol. The highest BCUT2D eigenvalue weighted by Crippen LogP contribution is 2.36. The molecule has 4 rings (SSSR count). The fraction of sp³-hybridized carbons (Fsp3) is 0.286. The normalized spacial score (nSPS) is 16.6. The first-order valence-corrected chi connectivity index (χ1v) is 9.13. The van der Waals surface area contributed by atoms with Gasteiger partial charge in [-0.05, 0) is 55.2 Å². The van der Waals surface area contributed by atoms with Gasteiger partial charge in [0.2, 0.25) is 0 Å². The molecule has 2 N–H and O–H groups in total. The van der Waals surface area contributed by atoms with E-state index >= 15 is 0 Å². The van der Waals surface area contributed by atoms with E-state index in [2.05, 4.69) is 10.3 Å². The molecule has 0 unspecified atom stereocenters. The molecule has 0 aliphatic heterocycles. The Morgan fingerprint density at radius 1 is 1.21 bits per heavy atom. The Hall–Kier alpha value is -2.87. The van der Waals surface area contributed by atoms with Crippen molar-refractivity contribution in [2.75, 3.05) is 5.32 Å². The standard InChI is InChI=1S/C21H18F4N2O2/c1-11-19(15-8-6-13(9-17(15)22)21(23,24)25)29-20(26-11)27-18-4-2-3-12-5-7-14(28)10-16(12)18/h2-4,6,8-9,14,28H,5,7,10H2,1H3,(H,26,27)/t14-/m1/s1. The van der Waals surface area contributed by atoms with Gasteiger partial charge in [-0.2, -0.15) is 18.2 Å². The molecule has 1 aromatic heterocycles. The fourth-order valence-corrected chi connectivity index (χ4v) is 3.58. The smallest absolute Gasteiger partial charge is 0.416 e. The third kappa shape index (κ3) is 3.85. The number of anilines is 2. The van der Waals surface area contributed by atoms with E-state index in [0.29, 0.717) is 24.6 Å². The van der Waals surface area contributed by atoms with Crippen molar-refractivity contribution in [2.24, 2.45) is 0 Å². The van der Waals surface area contributed by atoms with Gasteiger partial charge in [-0.15, -0.1) is 0 Å². The summed E-state index contributed by atoms with van der Waals surface area (Å²) in [5, 5.41) is 13.0. The molecule has 0 bridgehead atoms. The van der Waals surface area contributed by atoms with E-state index in [1.54, 1.807) is 6.92 Å². The molecule has 3 aromatic rings. The minimum absolute atomic E-state index is 0.0588. The van der Waals surface area contributed by atoms with E-state index in [0.717, 1.165) is 35.4 Å². The highest BCUT2D eigenvalue weighted by atomic mass is 19.4. The van der Waals surface area contributed by atoms with Crippen molar-refractivity contribution in [1.29, 1.82) is 0 Å². The molecule has 1 atom stereocenters. The zero-order valence-electron chi connectivity index (χ0n) is 15.5. The van der Waals surface area contributed by atoms with Crippen molar-refractivity contribution < 1.29 is 27.1 Å². The van der Waals surface area contributed by atoms with Crippen LogP contribution in [0.2, 0.25) is 0 Å². The molecule has 1 aliphatic rings. The lowest BCUT2D eigenvalue weighted by Crippen LogP contribution is -2.19. The SMILES string of the molecule is Cc1nc(Nc2cccc3c2C[C@H](O)CC3)oc1-c1ccc(C(F)(F)F)cc1F. The van der Waals surface area contributed by atoms with Crippen molar-refractivity contribution in [1.82, 2.24) is 4.98 Å². The molecule has 0 saturated heterocycles. The Balaban J connectivity index is 1.65. The van der Waals surface area contributed by atoms with Gasteiger partial charge in [-0.3, -0.25) is 0 Å². The summed E-state index contributed by atoms with van der Waals surface area (Å²) in [6.07, 6.45) is -3.09. The molecule has 0 fully saturated rings. The second-order valence-electron chi connectivity index (χ2n) is 7.09. The number of aryl methyl sites for hydroxylation is 2. The number of oxazole rings is 1. The molecule has 0 spiro atoms. The molecule has 152 valence electrons. The third-order valence-corrected chi connectivity index (χ3v) is 5.04. The molecular formula is C21H18F4N2O2. The van der Waals surface area contributed by atoms with Crippen LogP contribution in [0.25, 0.3) is 11.3 Å². The van der Waals surface area contributed by atoms with Gasteiger partial charge in [0.15, 0.2) is 5.76 Å². The Morgan fingerprint density at radius 3 is 2.72 bits per heavy atom. The summed E-state index contributed by atoms with van der Waals surface area (Å²) in [6.45, 7) is 1.59. The number of aliphatic hydroxyl groups is 1. The van der Waals surface area contributed by atoms with Gasteiger partial charge in [0.1, 0.15) is 5.82 Å². The van der Waals surface area contributed by atoms with Crippen LogP contribution in [0, 0.1) is 12.7 Å². The molecule has 1 aliphatic carbocycles. The van der Waals surface area contributed by atoms with Crippen LogP contribution in [-0.2, 0) is 19.0 Å². The number of rotatable bonds is 3. The molecule has 1 heterocycles. The van der Waals surface area contributed by atoms with Crippen molar-refractivity contribution in [3.05, 3.63) is 64.6 Å². The van der Waals surface area contributed by atoms with Crippen molar-refractivity contribution in [2.45, 2.75) is 38.5 Å². The van der Waals surface area contributed by atoms with Gasteiger partial charge >= 0.3 is 6.18 Å². The number of hydrogen-bond donors (Lipinski definition) is 2. The lowest BCUT2D eigenvalue weighted by Gasteiger charge is -2.23. The maximum atomic E-state index is 14.3. The summed E-state index contributed by atoms with van der Waals surface area (Å²) in [6, 6.07) is 8.10. The van der Waals surface area contributed by atoms with E-state index in [1.807, 2.05) is 18.2 Å². The quantitative estimate of drug-likeness (QED) is 0.572. The van der Waals surface area contributed by atoms with E-state index in [1.165, 1.54) is 0 Å². The predicted octanol–water partition coefficient (Wildman–Crippen LogP) is 5.40. The maximum Gasteiger partial charge on any atom is 0.416 e. The number of benzene rings is 2. The van der Waals surface area contributed by atoms with Gasteiger partial charge in [0.05, 0.1) is 22.9 Å². The number of aromatic nitrogens is 1. The predicted molar refractivity (Wildman–Crippen MR) is 99.4 cm³/mol. The second kappa shape index (κ2) is 7.18. The van der Waals surface area contributed by atoms with Crippen LogP contribution in [0.1, 0.15) is 28.8 Å². The summed E-state index contributed by atoms with van der Waals surface area (Å²) in [5.41, 5.74) is 1.99. The summed E-state index contributed by atoms with van der Waals surface area (Å²) in [7, 11) is 0. The van der Waals surface area contributed by atoms with Gasteiger partial charge < -0.3 is 14.8 Å². The van der Waals surface area contributed by atoms with Crippen LogP contribution in [0.15, 0.2) is 40.8 Å². The lowest BCUT2D eigenvalue weighted by atomic mass is 9.88. The minimum Gasteiger partial charge on any atom is -0.423 e. The largest absolute Gasteiger partial charge is 0.423 e. The average Bonchev–Trinajstić information content (AvgIpc) is 3.01. The summed E-state index contributed by atoms with van der Waals surface area (Å²) in [4.78, 5) is 4.23. The number of nitrogens with zero attached hydrogens (tertiary/aromatic N) is 1. The first-order chi connectivity index (χ1) is 13.7. The Morgan fingerprint density at radius 2 is 2.00 bits per heavy atom. The third-order valence-electron chi connectivity index (χ3n) is 5.04. The van der Waals surface area contributed by atoms with Crippen molar-refractivity contribution in [3.8, 4) is 11.3 Å². The molecule has 0 amide bonds. The van der Waals surface area contributed by atoms with Gasteiger partial charge in [0.25, 0.3) is 6.01 Å². The zero-order chi connectivity index (χ0) is 20.8. The Bertz CT molecular complexity index is 1060. The van der Waals surface area contributed by atoms with Crippen LogP contribution in [0.3, 0.4) is 0 Å². The number of hydrogen-bond acceptors (Lipinski definition) is 4. The van der Waals surface area contributed by atoms with Crippen molar-refractivity contribution in [3.63, 3.8) is 0 Å². The summed E-state index contributed by atoms with van der Waals surface area (Å²) < 4.78 is 58.2. The molecule has 29 heavy (non-hydrogen) atoms. The highest BCUT2D eigenvalue weighted by molar-refractivity contribution is 5.66. The number of aliphatic hydroxyl groups excluding tert-OH is 1. The molecular weight excluding hydrogens is 388 g/mol. The van der Waals surface area contributed by atoms with Crippen molar-refractivity contribution >= 4 is 11.7 Å². The van der Waals surface area contributed by atoms with E-state index < -0.39 is 23.7 Å². The second-order valence-corrected chi connectivity index (χ2v) is 7.09. The lowest BCUT2D eigenvalue weighted by molar-refractivity contribution is -0.137. The van der Waals surface area contributed by atoms with E-state index in [9.17, 15) is 22.7 Å². The molecule has 0 saturated carbocycles. The highest BCUT2D eigenvalue weighted by Gasteiger charge is 2.31. The number of alkyl halides is 3. The number of halogens is 4. The van der Waals surface area contributed by atoms with E-state index in [-0.39, 0.29) is 17.3 Å². The first-order valence-electron chi connectivity index (χ1n) is 9.13. The van der Waals surface area contributed by atoms with Crippen LogP contribution in [-0.4, -0.2) is 16.2 Å². The summed E-state index contributed by atoms with van der Waals surface area (Å²) >= 11 is 0. The topological polar surface area (TPSA) is 58.3 Å².